The van der Waals surface area contributed by atoms with Crippen molar-refractivity contribution in [1.82, 2.24) is 25.1 Å². The third-order valence-corrected chi connectivity index (χ3v) is 5.86. The number of aromatic nitrogens is 5. The van der Waals surface area contributed by atoms with E-state index in [0.29, 0.717) is 37.3 Å². The Hall–Kier alpha value is -4.04. The minimum absolute atomic E-state index is 0.0206. The number of carbonyl (C=O) groups is 1. The first kappa shape index (κ1) is 27.0. The summed E-state index contributed by atoms with van der Waals surface area (Å²) < 4.78 is 77.8. The summed E-state index contributed by atoms with van der Waals surface area (Å²) in [7, 11) is 0. The van der Waals surface area contributed by atoms with E-state index in [2.05, 4.69) is 30.5 Å². The number of amides is 1. The number of carbonyl (C=O) groups excluding carboxylic acids is 1. The van der Waals surface area contributed by atoms with Gasteiger partial charge in [0.1, 0.15) is 17.9 Å². The van der Waals surface area contributed by atoms with Crippen LogP contribution in [0.15, 0.2) is 43.1 Å². The molecule has 0 radical (unpaired) electrons. The lowest BCUT2D eigenvalue weighted by Crippen LogP contribution is -2.51. The van der Waals surface area contributed by atoms with Gasteiger partial charge in [-0.15, -0.1) is 0 Å². The number of hydrogen-bond acceptors (Lipinski definition) is 8. The number of anilines is 3. The Labute approximate surface area is 212 Å². The number of piperazine rings is 1. The van der Waals surface area contributed by atoms with Gasteiger partial charge in [-0.2, -0.15) is 36.5 Å². The van der Waals surface area contributed by atoms with Crippen molar-refractivity contribution in [1.29, 1.82) is 0 Å². The molecule has 4 rings (SSSR count). The number of pyridine rings is 1. The molecule has 3 aromatic heterocycles. The van der Waals surface area contributed by atoms with Crippen LogP contribution in [0, 0.1) is 0 Å². The number of rotatable bonds is 7. The van der Waals surface area contributed by atoms with E-state index >= 15 is 0 Å². The molecular formula is C23H22F6N8O. The highest BCUT2D eigenvalue weighted by Crippen LogP contribution is 2.34. The molecule has 1 unspecified atom stereocenters. The zero-order valence-corrected chi connectivity index (χ0v) is 20.0. The molecule has 1 amide bonds. The summed E-state index contributed by atoms with van der Waals surface area (Å²) in [5.74, 6) is 0.0929. The summed E-state index contributed by atoms with van der Waals surface area (Å²) in [6.45, 7) is 2.10. The van der Waals surface area contributed by atoms with Gasteiger partial charge in [0, 0.05) is 37.7 Å². The van der Waals surface area contributed by atoms with Gasteiger partial charge < -0.3 is 10.2 Å². The van der Waals surface area contributed by atoms with Crippen LogP contribution in [0.25, 0.3) is 0 Å². The lowest BCUT2D eigenvalue weighted by atomic mass is 10.1. The summed E-state index contributed by atoms with van der Waals surface area (Å²) in [4.78, 5) is 27.5. The van der Waals surface area contributed by atoms with Crippen molar-refractivity contribution in [2.24, 2.45) is 0 Å². The van der Waals surface area contributed by atoms with E-state index in [1.807, 2.05) is 0 Å². The van der Waals surface area contributed by atoms with E-state index < -0.39 is 23.5 Å². The highest BCUT2D eigenvalue weighted by molar-refractivity contribution is 5.96. The summed E-state index contributed by atoms with van der Waals surface area (Å²) in [5, 5.41) is 9.65. The molecule has 1 N–H and O–H groups in total. The first-order valence-corrected chi connectivity index (χ1v) is 11.5. The topological polar surface area (TPSA) is 100 Å². The summed E-state index contributed by atoms with van der Waals surface area (Å²) >= 11 is 0. The van der Waals surface area contributed by atoms with Crippen molar-refractivity contribution < 1.29 is 31.1 Å². The van der Waals surface area contributed by atoms with E-state index in [-0.39, 0.29) is 43.2 Å². The lowest BCUT2D eigenvalue weighted by Gasteiger charge is -2.33. The van der Waals surface area contributed by atoms with Gasteiger partial charge in [-0.3, -0.25) is 9.69 Å². The highest BCUT2D eigenvalue weighted by atomic mass is 19.4. The summed E-state index contributed by atoms with van der Waals surface area (Å²) in [5.41, 5.74) is -1.20. The molecule has 1 saturated heterocycles. The van der Waals surface area contributed by atoms with Crippen LogP contribution in [-0.2, 0) is 23.6 Å². The van der Waals surface area contributed by atoms with E-state index in [0.717, 1.165) is 11.8 Å². The largest absolute Gasteiger partial charge is 0.420 e. The molecule has 0 spiro atoms. The number of nitrogens with zero attached hydrogens (tertiary/aromatic N) is 7. The first-order chi connectivity index (χ1) is 17.9. The van der Waals surface area contributed by atoms with Crippen LogP contribution in [-0.4, -0.2) is 56.7 Å². The number of aryl methyl sites for hydroxylation is 1. The summed E-state index contributed by atoms with van der Waals surface area (Å²) in [6.07, 6.45) is -3.55. The van der Waals surface area contributed by atoms with Crippen LogP contribution < -0.4 is 15.1 Å². The fourth-order valence-electron chi connectivity index (χ4n) is 3.86. The maximum atomic E-state index is 13.2. The number of alkyl halides is 6. The molecule has 0 saturated carbocycles. The van der Waals surface area contributed by atoms with Crippen LogP contribution in [0.3, 0.4) is 0 Å². The normalized spacial score (nSPS) is 15.5. The molecule has 1 aliphatic rings. The highest BCUT2D eigenvalue weighted by Gasteiger charge is 2.35. The van der Waals surface area contributed by atoms with Crippen molar-refractivity contribution in [2.45, 2.75) is 38.2 Å². The average Bonchev–Trinajstić information content (AvgIpc) is 2.87. The van der Waals surface area contributed by atoms with Crippen LogP contribution >= 0.6 is 0 Å². The van der Waals surface area contributed by atoms with Gasteiger partial charge in [0.25, 0.3) is 0 Å². The molecule has 15 heteroatoms. The van der Waals surface area contributed by atoms with E-state index in [1.54, 1.807) is 19.1 Å². The maximum absolute atomic E-state index is 13.2. The molecule has 0 bridgehead atoms. The maximum Gasteiger partial charge on any atom is 0.420 e. The molecule has 1 atom stereocenters. The Morgan fingerprint density at radius 3 is 2.34 bits per heavy atom. The Kier molecular flexibility index (Phi) is 7.64. The third-order valence-electron chi connectivity index (χ3n) is 5.86. The average molecular weight is 540 g/mol. The second-order valence-corrected chi connectivity index (χ2v) is 8.66. The van der Waals surface area contributed by atoms with Crippen molar-refractivity contribution in [3.8, 4) is 0 Å². The smallest absolute Gasteiger partial charge is 0.381 e. The van der Waals surface area contributed by atoms with Gasteiger partial charge in [-0.25, -0.2) is 15.0 Å². The predicted octanol–water partition coefficient (Wildman–Crippen LogP) is 3.99. The molecule has 3 aromatic rings. The van der Waals surface area contributed by atoms with Crippen LogP contribution in [0.5, 0.6) is 0 Å². The SMILES string of the molecule is CC(CCc1ccnc(N2CCN(c3ncc(C(F)(F)F)cn3)CC2=O)c1)Nc1cnncc1C(F)(F)F. The fraction of sp³-hybridized carbons (Fsp3) is 0.391. The number of halogens is 6. The first-order valence-electron chi connectivity index (χ1n) is 11.5. The Morgan fingerprint density at radius 1 is 0.974 bits per heavy atom. The zero-order chi connectivity index (χ0) is 27.5. The van der Waals surface area contributed by atoms with Crippen LogP contribution in [0.4, 0.5) is 43.8 Å². The molecule has 0 aliphatic carbocycles. The Balaban J connectivity index is 1.35. The van der Waals surface area contributed by atoms with Crippen molar-refractivity contribution >= 4 is 23.4 Å². The minimum atomic E-state index is -4.56. The fourth-order valence-corrected chi connectivity index (χ4v) is 3.86. The van der Waals surface area contributed by atoms with Crippen molar-refractivity contribution in [2.75, 3.05) is 34.8 Å². The molecule has 9 nitrogen and oxygen atoms in total. The van der Waals surface area contributed by atoms with Gasteiger partial charge in [0.2, 0.25) is 11.9 Å². The van der Waals surface area contributed by atoms with Crippen LogP contribution in [0.1, 0.15) is 30.0 Å². The monoisotopic (exact) mass is 540 g/mol. The molecule has 38 heavy (non-hydrogen) atoms. The van der Waals surface area contributed by atoms with E-state index in [4.69, 9.17) is 0 Å². The van der Waals surface area contributed by atoms with Crippen molar-refractivity contribution in [3.63, 3.8) is 0 Å². The molecule has 1 fully saturated rings. The Bertz CT molecular complexity index is 1270. The standard InChI is InChI=1S/C23H22F6N8O/c1-14(35-18-12-34-33-11-17(18)23(27,28)29)2-3-15-4-5-30-19(8-15)37-7-6-36(13-20(37)38)21-31-9-16(10-32-21)22(24,25)26/h4-5,8-12,14H,2-3,6-7,13H2,1H3,(H,33,35). The van der Waals surface area contributed by atoms with Gasteiger partial charge in [0.05, 0.1) is 23.6 Å². The molecule has 0 aromatic carbocycles. The predicted molar refractivity (Wildman–Crippen MR) is 124 cm³/mol. The number of nitrogens with one attached hydrogen (secondary N) is 1. The Morgan fingerprint density at radius 2 is 1.68 bits per heavy atom. The number of hydrogen-bond donors (Lipinski definition) is 1. The summed E-state index contributed by atoms with van der Waals surface area (Å²) in [6, 6.07) is 3.15. The third kappa shape index (κ3) is 6.44. The molecular weight excluding hydrogens is 518 g/mol. The van der Waals surface area contributed by atoms with Gasteiger partial charge >= 0.3 is 12.4 Å². The second kappa shape index (κ2) is 10.8. The van der Waals surface area contributed by atoms with Gasteiger partial charge in [-0.1, -0.05) is 0 Å². The van der Waals surface area contributed by atoms with Crippen LogP contribution in [0.2, 0.25) is 0 Å². The molecule has 202 valence electrons. The second-order valence-electron chi connectivity index (χ2n) is 8.66. The zero-order valence-electron chi connectivity index (χ0n) is 20.0. The minimum Gasteiger partial charge on any atom is -0.381 e. The molecule has 4 heterocycles. The van der Waals surface area contributed by atoms with E-state index in [1.165, 1.54) is 16.0 Å². The van der Waals surface area contributed by atoms with Crippen molar-refractivity contribution in [3.05, 3.63) is 59.8 Å². The van der Waals surface area contributed by atoms with Gasteiger partial charge in [-0.05, 0) is 37.5 Å². The quantitative estimate of drug-likeness (QED) is 0.450. The van der Waals surface area contributed by atoms with Gasteiger partial charge in [0.15, 0.2) is 0 Å². The lowest BCUT2D eigenvalue weighted by molar-refractivity contribution is -0.138. The molecule has 1 aliphatic heterocycles. The van der Waals surface area contributed by atoms with E-state index in [9.17, 15) is 31.1 Å².